The van der Waals surface area contributed by atoms with Crippen LogP contribution in [0.3, 0.4) is 0 Å². The van der Waals surface area contributed by atoms with Crippen molar-refractivity contribution >= 4 is 11.7 Å². The van der Waals surface area contributed by atoms with Crippen molar-refractivity contribution in [2.75, 3.05) is 25.5 Å². The van der Waals surface area contributed by atoms with Crippen molar-refractivity contribution in [2.45, 2.75) is 25.8 Å². The van der Waals surface area contributed by atoms with Gasteiger partial charge in [-0.2, -0.15) is 0 Å². The molecule has 0 spiro atoms. The summed E-state index contributed by atoms with van der Waals surface area (Å²) in [5.41, 5.74) is 1.53. The van der Waals surface area contributed by atoms with Gasteiger partial charge in [0, 0.05) is 19.6 Å². The quantitative estimate of drug-likeness (QED) is 0.915. The molecule has 6 heteroatoms. The zero-order chi connectivity index (χ0) is 16.8. The molecular weight excluding hydrogens is 304 g/mol. The number of ether oxygens (including phenoxy) is 1. The molecule has 0 bridgehead atoms. The van der Waals surface area contributed by atoms with Crippen molar-refractivity contribution in [3.63, 3.8) is 0 Å². The molecule has 1 N–H and O–H groups in total. The summed E-state index contributed by atoms with van der Waals surface area (Å²) >= 11 is 0. The Balaban J connectivity index is 1.56. The lowest BCUT2D eigenvalue weighted by molar-refractivity contribution is 0.0718. The molecule has 1 saturated heterocycles. The number of nitrogens with one attached hydrogen (secondary N) is 1. The average molecular weight is 326 g/mol. The molecule has 2 heterocycles. The van der Waals surface area contributed by atoms with E-state index in [-0.39, 0.29) is 5.91 Å². The fraction of sp³-hybridized carbons (Fsp3) is 0.389. The van der Waals surface area contributed by atoms with Crippen molar-refractivity contribution in [3.05, 3.63) is 47.9 Å². The second-order valence-electron chi connectivity index (χ2n) is 5.84. The minimum Gasteiger partial charge on any atom is -0.497 e. The number of carbonyl (C=O) groups excluding carboxylic acids is 1. The van der Waals surface area contributed by atoms with Gasteiger partial charge in [-0.05, 0) is 37.0 Å². The number of amides is 1. The largest absolute Gasteiger partial charge is 0.497 e. The molecular formula is C18H22N4O2. The Bertz CT molecular complexity index is 664. The Morgan fingerprint density at radius 1 is 1.12 bits per heavy atom. The van der Waals surface area contributed by atoms with Crippen molar-refractivity contribution < 1.29 is 9.53 Å². The monoisotopic (exact) mass is 326 g/mol. The molecule has 0 aliphatic carbocycles. The Labute approximate surface area is 141 Å². The summed E-state index contributed by atoms with van der Waals surface area (Å²) in [5, 5.41) is 3.20. The van der Waals surface area contributed by atoms with Crippen LogP contribution in [0.5, 0.6) is 5.75 Å². The van der Waals surface area contributed by atoms with Crippen LogP contribution in [-0.2, 0) is 6.54 Å². The maximum atomic E-state index is 12.3. The first-order valence-electron chi connectivity index (χ1n) is 8.24. The first kappa shape index (κ1) is 16.2. The Kier molecular flexibility index (Phi) is 5.25. The standard InChI is InChI=1S/C18H22N4O2/c1-24-15-7-5-14(6-8-15)11-20-17-13-19-16(12-21-17)18(23)22-9-3-2-4-10-22/h5-8,12-13H,2-4,9-11H2,1H3,(H,20,21). The molecule has 0 unspecified atom stereocenters. The number of anilines is 1. The fourth-order valence-corrected chi connectivity index (χ4v) is 2.72. The molecule has 1 aliphatic heterocycles. The first-order chi connectivity index (χ1) is 11.8. The smallest absolute Gasteiger partial charge is 0.274 e. The van der Waals surface area contributed by atoms with Gasteiger partial charge in [0.05, 0.1) is 19.5 Å². The van der Waals surface area contributed by atoms with Gasteiger partial charge in [0.15, 0.2) is 0 Å². The number of hydrogen-bond acceptors (Lipinski definition) is 5. The third kappa shape index (κ3) is 4.01. The van der Waals surface area contributed by atoms with E-state index in [0.717, 1.165) is 37.2 Å². The SMILES string of the molecule is COc1ccc(CNc2cnc(C(=O)N3CCCCC3)cn2)cc1. The van der Waals surface area contributed by atoms with Crippen LogP contribution in [0.1, 0.15) is 35.3 Å². The molecule has 24 heavy (non-hydrogen) atoms. The molecule has 3 rings (SSSR count). The number of nitrogens with zero attached hydrogens (tertiary/aromatic N) is 3. The number of hydrogen-bond donors (Lipinski definition) is 1. The van der Waals surface area contributed by atoms with E-state index in [2.05, 4.69) is 15.3 Å². The molecule has 1 amide bonds. The molecule has 0 saturated carbocycles. The maximum absolute atomic E-state index is 12.3. The molecule has 0 atom stereocenters. The number of piperidine rings is 1. The van der Waals surface area contributed by atoms with Crippen LogP contribution < -0.4 is 10.1 Å². The Hall–Kier alpha value is -2.63. The van der Waals surface area contributed by atoms with Gasteiger partial charge in [-0.3, -0.25) is 4.79 Å². The number of likely N-dealkylation sites (tertiary alicyclic amines) is 1. The van der Waals surface area contributed by atoms with E-state index >= 15 is 0 Å². The van der Waals surface area contributed by atoms with Gasteiger partial charge in [0.1, 0.15) is 17.3 Å². The minimum absolute atomic E-state index is 0.0242. The fourth-order valence-electron chi connectivity index (χ4n) is 2.72. The first-order valence-corrected chi connectivity index (χ1v) is 8.24. The number of benzene rings is 1. The van der Waals surface area contributed by atoms with E-state index in [1.54, 1.807) is 19.5 Å². The lowest BCUT2D eigenvalue weighted by Gasteiger charge is -2.26. The predicted molar refractivity (Wildman–Crippen MR) is 92.1 cm³/mol. The van der Waals surface area contributed by atoms with E-state index in [1.165, 1.54) is 6.42 Å². The Morgan fingerprint density at radius 2 is 1.88 bits per heavy atom. The zero-order valence-electron chi connectivity index (χ0n) is 13.9. The molecule has 1 aromatic heterocycles. The third-order valence-electron chi connectivity index (χ3n) is 4.15. The van der Waals surface area contributed by atoms with Crippen LogP contribution >= 0.6 is 0 Å². The number of rotatable bonds is 5. The molecule has 1 fully saturated rings. The highest BCUT2D eigenvalue weighted by Crippen LogP contribution is 2.14. The maximum Gasteiger partial charge on any atom is 0.274 e. The van der Waals surface area contributed by atoms with E-state index in [1.807, 2.05) is 29.2 Å². The zero-order valence-corrected chi connectivity index (χ0v) is 13.9. The van der Waals surface area contributed by atoms with Gasteiger partial charge in [0.2, 0.25) is 0 Å². The van der Waals surface area contributed by atoms with Crippen molar-refractivity contribution in [2.24, 2.45) is 0 Å². The Morgan fingerprint density at radius 3 is 2.50 bits per heavy atom. The average Bonchev–Trinajstić information content (AvgIpc) is 2.67. The second-order valence-corrected chi connectivity index (χ2v) is 5.84. The predicted octanol–water partition coefficient (Wildman–Crippen LogP) is 2.72. The normalized spacial score (nSPS) is 14.3. The topological polar surface area (TPSA) is 67.3 Å². The molecule has 6 nitrogen and oxygen atoms in total. The van der Waals surface area contributed by atoms with Gasteiger partial charge in [-0.1, -0.05) is 12.1 Å². The van der Waals surface area contributed by atoms with Gasteiger partial charge in [-0.15, -0.1) is 0 Å². The highest BCUT2D eigenvalue weighted by molar-refractivity contribution is 5.92. The van der Waals surface area contributed by atoms with Crippen molar-refractivity contribution in [3.8, 4) is 5.75 Å². The van der Waals surface area contributed by atoms with Crippen LogP contribution in [0.15, 0.2) is 36.7 Å². The molecule has 1 aliphatic rings. The minimum atomic E-state index is -0.0242. The van der Waals surface area contributed by atoms with Gasteiger partial charge < -0.3 is 15.0 Å². The van der Waals surface area contributed by atoms with E-state index in [4.69, 9.17) is 4.74 Å². The molecule has 126 valence electrons. The van der Waals surface area contributed by atoms with E-state index in [9.17, 15) is 4.79 Å². The second kappa shape index (κ2) is 7.77. The van der Waals surface area contributed by atoms with Gasteiger partial charge in [0.25, 0.3) is 5.91 Å². The molecule has 1 aromatic carbocycles. The lowest BCUT2D eigenvalue weighted by Crippen LogP contribution is -2.36. The molecule has 2 aromatic rings. The third-order valence-corrected chi connectivity index (χ3v) is 4.15. The number of methoxy groups -OCH3 is 1. The lowest BCUT2D eigenvalue weighted by atomic mass is 10.1. The van der Waals surface area contributed by atoms with E-state index in [0.29, 0.717) is 18.1 Å². The summed E-state index contributed by atoms with van der Waals surface area (Å²) in [6, 6.07) is 7.83. The van der Waals surface area contributed by atoms with Crippen LogP contribution in [0.2, 0.25) is 0 Å². The van der Waals surface area contributed by atoms with Crippen LogP contribution in [0, 0.1) is 0 Å². The summed E-state index contributed by atoms with van der Waals surface area (Å²) in [4.78, 5) is 22.8. The summed E-state index contributed by atoms with van der Waals surface area (Å²) in [5.74, 6) is 1.46. The highest BCUT2D eigenvalue weighted by atomic mass is 16.5. The van der Waals surface area contributed by atoms with Crippen LogP contribution in [0.25, 0.3) is 0 Å². The summed E-state index contributed by atoms with van der Waals surface area (Å²) in [6.45, 7) is 2.27. The van der Waals surface area contributed by atoms with Crippen LogP contribution in [-0.4, -0.2) is 41.0 Å². The van der Waals surface area contributed by atoms with Gasteiger partial charge in [-0.25, -0.2) is 9.97 Å². The van der Waals surface area contributed by atoms with Crippen molar-refractivity contribution in [1.29, 1.82) is 0 Å². The summed E-state index contributed by atoms with van der Waals surface area (Å²) in [7, 11) is 1.65. The summed E-state index contributed by atoms with van der Waals surface area (Å²) < 4.78 is 5.14. The molecule has 0 radical (unpaired) electrons. The van der Waals surface area contributed by atoms with Crippen molar-refractivity contribution in [1.82, 2.24) is 14.9 Å². The van der Waals surface area contributed by atoms with Crippen LogP contribution in [0.4, 0.5) is 5.82 Å². The van der Waals surface area contributed by atoms with E-state index < -0.39 is 0 Å². The number of aromatic nitrogens is 2. The highest BCUT2D eigenvalue weighted by Gasteiger charge is 2.19. The number of carbonyl (C=O) groups is 1. The summed E-state index contributed by atoms with van der Waals surface area (Å²) in [6.07, 6.45) is 6.50. The van der Waals surface area contributed by atoms with Gasteiger partial charge >= 0.3 is 0 Å².